The zero-order valence-electron chi connectivity index (χ0n) is 15.7. The SMILES string of the molecule is CCOc1ccc(-c2nc(CC(=O)NC(C)c3csc(CC)n3)cs2)cc1. The van der Waals surface area contributed by atoms with E-state index in [2.05, 4.69) is 22.2 Å². The zero-order valence-corrected chi connectivity index (χ0v) is 17.3. The molecule has 0 aliphatic heterocycles. The molecule has 0 bridgehead atoms. The Labute approximate surface area is 167 Å². The van der Waals surface area contributed by atoms with Crippen molar-refractivity contribution in [3.8, 4) is 16.3 Å². The van der Waals surface area contributed by atoms with Gasteiger partial charge >= 0.3 is 0 Å². The molecule has 3 rings (SSSR count). The quantitative estimate of drug-likeness (QED) is 0.597. The number of aromatic nitrogens is 2. The van der Waals surface area contributed by atoms with Gasteiger partial charge < -0.3 is 10.1 Å². The second-order valence-electron chi connectivity index (χ2n) is 6.09. The van der Waals surface area contributed by atoms with Gasteiger partial charge in [-0.25, -0.2) is 9.97 Å². The first kappa shape index (κ1) is 19.5. The number of nitrogens with one attached hydrogen (secondary N) is 1. The van der Waals surface area contributed by atoms with E-state index in [0.717, 1.165) is 39.1 Å². The lowest BCUT2D eigenvalue weighted by atomic mass is 10.2. The molecule has 0 saturated heterocycles. The number of benzene rings is 1. The first-order valence-electron chi connectivity index (χ1n) is 9.00. The molecule has 5 nitrogen and oxygen atoms in total. The monoisotopic (exact) mass is 401 g/mol. The van der Waals surface area contributed by atoms with Crippen molar-refractivity contribution >= 4 is 28.6 Å². The second-order valence-corrected chi connectivity index (χ2v) is 7.89. The van der Waals surface area contributed by atoms with Gasteiger partial charge in [-0.3, -0.25) is 4.79 Å². The summed E-state index contributed by atoms with van der Waals surface area (Å²) in [4.78, 5) is 21.5. The highest BCUT2D eigenvalue weighted by molar-refractivity contribution is 7.13. The third-order valence-electron chi connectivity index (χ3n) is 4.00. The van der Waals surface area contributed by atoms with Crippen molar-refractivity contribution < 1.29 is 9.53 Å². The maximum atomic E-state index is 12.3. The fraction of sp³-hybridized carbons (Fsp3) is 0.350. The van der Waals surface area contributed by atoms with E-state index in [9.17, 15) is 4.79 Å². The van der Waals surface area contributed by atoms with Crippen molar-refractivity contribution in [3.63, 3.8) is 0 Å². The van der Waals surface area contributed by atoms with Crippen molar-refractivity contribution in [1.82, 2.24) is 15.3 Å². The Kier molecular flexibility index (Phi) is 6.58. The minimum Gasteiger partial charge on any atom is -0.494 e. The van der Waals surface area contributed by atoms with Gasteiger partial charge in [0.2, 0.25) is 5.91 Å². The van der Waals surface area contributed by atoms with Gasteiger partial charge in [0.05, 0.1) is 35.5 Å². The molecule has 2 aromatic heterocycles. The molecule has 3 aromatic rings. The summed E-state index contributed by atoms with van der Waals surface area (Å²) >= 11 is 3.17. The topological polar surface area (TPSA) is 64.1 Å². The van der Waals surface area contributed by atoms with E-state index in [4.69, 9.17) is 4.74 Å². The maximum Gasteiger partial charge on any atom is 0.226 e. The third kappa shape index (κ3) is 5.14. The Morgan fingerprint density at radius 2 is 1.93 bits per heavy atom. The molecule has 0 spiro atoms. The number of nitrogens with zero attached hydrogens (tertiary/aromatic N) is 2. The number of carbonyl (C=O) groups excluding carboxylic acids is 1. The Morgan fingerprint density at radius 1 is 1.15 bits per heavy atom. The molecular weight excluding hydrogens is 378 g/mol. The number of amides is 1. The number of hydrogen-bond donors (Lipinski definition) is 1. The highest BCUT2D eigenvalue weighted by Crippen LogP contribution is 2.26. The van der Waals surface area contributed by atoms with E-state index in [1.807, 2.05) is 48.9 Å². The number of carbonyl (C=O) groups is 1. The van der Waals surface area contributed by atoms with Crippen LogP contribution in [-0.2, 0) is 17.6 Å². The molecule has 0 aliphatic rings. The summed E-state index contributed by atoms with van der Waals surface area (Å²) in [6.45, 7) is 6.65. The van der Waals surface area contributed by atoms with Crippen LogP contribution in [0.4, 0.5) is 0 Å². The number of hydrogen-bond acceptors (Lipinski definition) is 6. The van der Waals surface area contributed by atoms with Crippen LogP contribution in [-0.4, -0.2) is 22.5 Å². The Bertz CT molecular complexity index is 887. The van der Waals surface area contributed by atoms with Crippen LogP contribution in [0.25, 0.3) is 10.6 Å². The van der Waals surface area contributed by atoms with Gasteiger partial charge in [0.15, 0.2) is 0 Å². The lowest BCUT2D eigenvalue weighted by Crippen LogP contribution is -2.28. The van der Waals surface area contributed by atoms with Crippen LogP contribution >= 0.6 is 22.7 Å². The predicted octanol–water partition coefficient (Wildman–Crippen LogP) is 4.65. The molecule has 0 fully saturated rings. The van der Waals surface area contributed by atoms with Crippen LogP contribution in [0.2, 0.25) is 0 Å². The average Bonchev–Trinajstić information content (AvgIpc) is 3.32. The van der Waals surface area contributed by atoms with E-state index in [1.54, 1.807) is 22.7 Å². The first-order chi connectivity index (χ1) is 13.1. The summed E-state index contributed by atoms with van der Waals surface area (Å²) in [7, 11) is 0. The highest BCUT2D eigenvalue weighted by atomic mass is 32.1. The molecule has 1 amide bonds. The largest absolute Gasteiger partial charge is 0.494 e. The van der Waals surface area contributed by atoms with Crippen molar-refractivity contribution in [2.75, 3.05) is 6.61 Å². The summed E-state index contributed by atoms with van der Waals surface area (Å²) in [5.41, 5.74) is 2.72. The molecule has 0 aliphatic carbocycles. The zero-order chi connectivity index (χ0) is 19.2. The predicted molar refractivity (Wildman–Crippen MR) is 110 cm³/mol. The molecule has 1 atom stereocenters. The lowest BCUT2D eigenvalue weighted by molar-refractivity contribution is -0.121. The Hall–Kier alpha value is -2.25. The normalized spacial score (nSPS) is 12.0. The van der Waals surface area contributed by atoms with Gasteiger partial charge in [0.25, 0.3) is 0 Å². The Balaban J connectivity index is 1.58. The van der Waals surface area contributed by atoms with Crippen LogP contribution in [0.3, 0.4) is 0 Å². The molecule has 1 aromatic carbocycles. The van der Waals surface area contributed by atoms with E-state index in [1.165, 1.54) is 0 Å². The van der Waals surface area contributed by atoms with Crippen molar-refractivity contribution in [2.24, 2.45) is 0 Å². The summed E-state index contributed by atoms with van der Waals surface area (Å²) in [5, 5.41) is 8.95. The molecule has 142 valence electrons. The van der Waals surface area contributed by atoms with Crippen LogP contribution in [0.5, 0.6) is 5.75 Å². The van der Waals surface area contributed by atoms with Crippen molar-refractivity contribution in [1.29, 1.82) is 0 Å². The minimum absolute atomic E-state index is 0.0444. The molecule has 1 unspecified atom stereocenters. The van der Waals surface area contributed by atoms with Gasteiger partial charge in [-0.1, -0.05) is 6.92 Å². The van der Waals surface area contributed by atoms with Crippen LogP contribution in [0.15, 0.2) is 35.0 Å². The average molecular weight is 402 g/mol. The van der Waals surface area contributed by atoms with Gasteiger partial charge in [0.1, 0.15) is 10.8 Å². The van der Waals surface area contributed by atoms with Crippen LogP contribution in [0.1, 0.15) is 43.2 Å². The summed E-state index contributed by atoms with van der Waals surface area (Å²) in [6, 6.07) is 7.75. The summed E-state index contributed by atoms with van der Waals surface area (Å²) < 4.78 is 5.46. The minimum atomic E-state index is -0.0988. The van der Waals surface area contributed by atoms with E-state index >= 15 is 0 Å². The van der Waals surface area contributed by atoms with Gasteiger partial charge in [-0.15, -0.1) is 22.7 Å². The van der Waals surface area contributed by atoms with E-state index in [-0.39, 0.29) is 18.4 Å². The maximum absolute atomic E-state index is 12.3. The number of aryl methyl sites for hydroxylation is 1. The van der Waals surface area contributed by atoms with Gasteiger partial charge in [-0.05, 0) is 44.5 Å². The fourth-order valence-electron chi connectivity index (χ4n) is 2.60. The smallest absolute Gasteiger partial charge is 0.226 e. The molecule has 0 radical (unpaired) electrons. The molecule has 0 saturated carbocycles. The van der Waals surface area contributed by atoms with Crippen molar-refractivity contribution in [2.45, 2.75) is 39.7 Å². The van der Waals surface area contributed by atoms with Gasteiger partial charge in [-0.2, -0.15) is 0 Å². The molecule has 2 heterocycles. The van der Waals surface area contributed by atoms with Crippen molar-refractivity contribution in [3.05, 3.63) is 51.4 Å². The van der Waals surface area contributed by atoms with Crippen LogP contribution in [0, 0.1) is 0 Å². The molecule has 7 heteroatoms. The number of thiazole rings is 2. The first-order valence-corrected chi connectivity index (χ1v) is 10.8. The fourth-order valence-corrected chi connectivity index (χ4v) is 4.26. The summed E-state index contributed by atoms with van der Waals surface area (Å²) in [6.07, 6.45) is 1.18. The second kappa shape index (κ2) is 9.10. The highest BCUT2D eigenvalue weighted by Gasteiger charge is 2.15. The molecule has 27 heavy (non-hydrogen) atoms. The van der Waals surface area contributed by atoms with Gasteiger partial charge in [0, 0.05) is 16.3 Å². The van der Waals surface area contributed by atoms with Crippen LogP contribution < -0.4 is 10.1 Å². The number of rotatable bonds is 8. The third-order valence-corrected chi connectivity index (χ3v) is 5.95. The van der Waals surface area contributed by atoms with E-state index < -0.39 is 0 Å². The summed E-state index contributed by atoms with van der Waals surface area (Å²) in [5.74, 6) is 0.803. The Morgan fingerprint density at radius 3 is 2.59 bits per heavy atom. The number of ether oxygens (including phenoxy) is 1. The van der Waals surface area contributed by atoms with E-state index in [0.29, 0.717) is 6.61 Å². The molecular formula is C20H23N3O2S2. The standard InChI is InChI=1S/C20H23N3O2S2/c1-4-19-23-17(12-26-19)13(3)21-18(24)10-15-11-27-20(22-15)14-6-8-16(9-7-14)25-5-2/h6-9,11-13H,4-5,10H2,1-3H3,(H,21,24). The molecule has 1 N–H and O–H groups in total. The lowest BCUT2D eigenvalue weighted by Gasteiger charge is -2.10.